The van der Waals surface area contributed by atoms with E-state index in [-0.39, 0.29) is 23.3 Å². The Morgan fingerprint density at radius 1 is 1.15 bits per heavy atom. The molecule has 6 nitrogen and oxygen atoms in total. The van der Waals surface area contributed by atoms with E-state index < -0.39 is 0 Å². The van der Waals surface area contributed by atoms with E-state index >= 15 is 0 Å². The van der Waals surface area contributed by atoms with Crippen LogP contribution in [-0.2, 0) is 6.54 Å². The third-order valence-electron chi connectivity index (χ3n) is 5.46. The monoisotopic (exact) mass is 378 g/mol. The second kappa shape index (κ2) is 6.42. The van der Waals surface area contributed by atoms with Crippen molar-refractivity contribution in [2.45, 2.75) is 18.9 Å². The predicted octanol–water partition coefficient (Wildman–Crippen LogP) is 2.63. The number of aromatic nitrogens is 3. The zero-order valence-electron chi connectivity index (χ0n) is 14.6. The van der Waals surface area contributed by atoms with Gasteiger partial charge in [-0.05, 0) is 35.9 Å². The van der Waals surface area contributed by atoms with Gasteiger partial charge in [0.05, 0.1) is 11.8 Å². The summed E-state index contributed by atoms with van der Waals surface area (Å²) < 4.78 is 1.93. The maximum Gasteiger partial charge on any atom is 0.274 e. The smallest absolute Gasteiger partial charge is 0.274 e. The topological polar surface area (TPSA) is 68.1 Å². The Labute approximate surface area is 160 Å². The number of rotatable bonds is 2. The molecule has 2 atom stereocenters. The summed E-state index contributed by atoms with van der Waals surface area (Å²) in [4.78, 5) is 36.8. The van der Waals surface area contributed by atoms with Crippen molar-refractivity contribution < 1.29 is 4.79 Å². The molecule has 1 fully saturated rings. The first-order valence-electron chi connectivity index (χ1n) is 9.03. The van der Waals surface area contributed by atoms with Crippen molar-refractivity contribution in [1.82, 2.24) is 19.4 Å². The van der Waals surface area contributed by atoms with Gasteiger partial charge < -0.3 is 9.47 Å². The molecule has 0 aromatic carbocycles. The highest BCUT2D eigenvalue weighted by atomic mass is 32.1. The number of carbonyl (C=O) groups excluding carboxylic acids is 1. The van der Waals surface area contributed by atoms with Crippen molar-refractivity contribution in [3.05, 3.63) is 70.0 Å². The average Bonchev–Trinajstić information content (AvgIpc) is 3.23. The molecule has 3 aromatic heterocycles. The molecule has 7 heteroatoms. The van der Waals surface area contributed by atoms with E-state index in [4.69, 9.17) is 0 Å². The second-order valence-corrected chi connectivity index (χ2v) is 8.11. The maximum atomic E-state index is 13.1. The van der Waals surface area contributed by atoms with Crippen LogP contribution in [0.3, 0.4) is 0 Å². The van der Waals surface area contributed by atoms with Crippen molar-refractivity contribution in [2.75, 3.05) is 13.1 Å². The fourth-order valence-electron chi connectivity index (χ4n) is 4.30. The Kier molecular flexibility index (Phi) is 3.89. The molecule has 1 amide bonds. The summed E-state index contributed by atoms with van der Waals surface area (Å²) in [7, 11) is 0. The van der Waals surface area contributed by atoms with Crippen molar-refractivity contribution in [3.63, 3.8) is 0 Å². The summed E-state index contributed by atoms with van der Waals surface area (Å²) >= 11 is 1.59. The first-order chi connectivity index (χ1) is 13.2. The van der Waals surface area contributed by atoms with Gasteiger partial charge in [0.2, 0.25) is 0 Å². The number of amides is 1. The van der Waals surface area contributed by atoms with Crippen molar-refractivity contribution in [3.8, 4) is 10.4 Å². The van der Waals surface area contributed by atoms with Crippen LogP contribution in [0.15, 0.2) is 53.0 Å². The van der Waals surface area contributed by atoms with Gasteiger partial charge >= 0.3 is 0 Å². The Morgan fingerprint density at radius 3 is 2.85 bits per heavy atom. The summed E-state index contributed by atoms with van der Waals surface area (Å²) in [6.07, 6.45) is 5.63. The summed E-state index contributed by atoms with van der Waals surface area (Å²) in [5.41, 5.74) is 2.26. The third-order valence-corrected chi connectivity index (χ3v) is 6.36. The number of fused-ring (bicyclic) bond motifs is 4. The Hall–Kier alpha value is -2.80. The molecule has 0 saturated carbocycles. The third kappa shape index (κ3) is 2.78. The van der Waals surface area contributed by atoms with Crippen LogP contribution in [0.2, 0.25) is 0 Å². The van der Waals surface area contributed by atoms with Crippen LogP contribution in [0.4, 0.5) is 0 Å². The second-order valence-electron chi connectivity index (χ2n) is 7.16. The molecular formula is C20H18N4O2S. The van der Waals surface area contributed by atoms with Gasteiger partial charge in [-0.1, -0.05) is 6.07 Å². The molecule has 5 heterocycles. The molecule has 2 aliphatic heterocycles. The lowest BCUT2D eigenvalue weighted by atomic mass is 9.83. The van der Waals surface area contributed by atoms with E-state index in [2.05, 4.69) is 16.0 Å². The fraction of sp³-hybridized carbons (Fsp3) is 0.300. The lowest BCUT2D eigenvalue weighted by Crippen LogP contribution is -2.49. The summed E-state index contributed by atoms with van der Waals surface area (Å²) in [5, 5.41) is 1.99. The summed E-state index contributed by atoms with van der Waals surface area (Å²) in [6.45, 7) is 1.93. The molecular weight excluding hydrogens is 360 g/mol. The molecule has 0 unspecified atom stereocenters. The van der Waals surface area contributed by atoms with Crippen LogP contribution in [0.1, 0.15) is 28.5 Å². The van der Waals surface area contributed by atoms with Crippen LogP contribution in [0, 0.1) is 5.92 Å². The molecule has 0 N–H and O–H groups in total. The van der Waals surface area contributed by atoms with E-state index in [0.717, 1.165) is 22.6 Å². The van der Waals surface area contributed by atoms with Crippen molar-refractivity contribution in [1.29, 1.82) is 0 Å². The summed E-state index contributed by atoms with van der Waals surface area (Å²) in [6, 6.07) is 7.95. The molecule has 0 spiro atoms. The van der Waals surface area contributed by atoms with Crippen molar-refractivity contribution in [2.24, 2.45) is 5.92 Å². The lowest BCUT2D eigenvalue weighted by molar-refractivity contribution is 0.0588. The van der Waals surface area contributed by atoms with Crippen LogP contribution in [0.5, 0.6) is 0 Å². The Bertz CT molecular complexity index is 1050. The number of carbonyl (C=O) groups is 1. The molecule has 0 aliphatic carbocycles. The van der Waals surface area contributed by atoms with Gasteiger partial charge in [-0.2, -0.15) is 0 Å². The minimum Gasteiger partial charge on any atom is -0.336 e. The number of thiophene rings is 1. The van der Waals surface area contributed by atoms with Gasteiger partial charge in [-0.3, -0.25) is 14.6 Å². The first kappa shape index (κ1) is 16.4. The Balaban J connectivity index is 1.47. The SMILES string of the molecule is O=C(c1cnccn1)N1C[C@@H]2C[C@H](C1)c1ccc(-c3cccs3)c(=O)n1C2. The number of hydrogen-bond acceptors (Lipinski definition) is 5. The molecule has 136 valence electrons. The molecule has 3 aromatic rings. The average molecular weight is 378 g/mol. The Morgan fingerprint density at radius 2 is 2.07 bits per heavy atom. The van der Waals surface area contributed by atoms with E-state index in [1.165, 1.54) is 6.20 Å². The fourth-order valence-corrected chi connectivity index (χ4v) is 5.05. The molecule has 0 radical (unpaired) electrons. The zero-order valence-corrected chi connectivity index (χ0v) is 15.4. The van der Waals surface area contributed by atoms with Gasteiger partial charge in [0.1, 0.15) is 5.69 Å². The minimum absolute atomic E-state index is 0.0798. The van der Waals surface area contributed by atoms with Gasteiger partial charge in [-0.15, -0.1) is 11.3 Å². The highest BCUT2D eigenvalue weighted by Crippen LogP contribution is 2.36. The maximum absolute atomic E-state index is 13.1. The van der Waals surface area contributed by atoms with Crippen LogP contribution in [-0.4, -0.2) is 38.4 Å². The van der Waals surface area contributed by atoms with Gasteiger partial charge in [0.25, 0.3) is 11.5 Å². The van der Waals surface area contributed by atoms with Crippen LogP contribution < -0.4 is 5.56 Å². The zero-order chi connectivity index (χ0) is 18.4. The number of hydrogen-bond donors (Lipinski definition) is 0. The highest BCUT2D eigenvalue weighted by molar-refractivity contribution is 7.13. The van der Waals surface area contributed by atoms with E-state index in [1.807, 2.05) is 33.0 Å². The largest absolute Gasteiger partial charge is 0.336 e. The van der Waals surface area contributed by atoms with E-state index in [0.29, 0.717) is 25.3 Å². The molecule has 27 heavy (non-hydrogen) atoms. The highest BCUT2D eigenvalue weighted by Gasteiger charge is 2.37. The van der Waals surface area contributed by atoms with Crippen LogP contribution >= 0.6 is 11.3 Å². The van der Waals surface area contributed by atoms with E-state index in [9.17, 15) is 9.59 Å². The minimum atomic E-state index is -0.0798. The van der Waals surface area contributed by atoms with Gasteiger partial charge in [0.15, 0.2) is 0 Å². The number of nitrogens with zero attached hydrogens (tertiary/aromatic N) is 4. The van der Waals surface area contributed by atoms with E-state index in [1.54, 1.807) is 23.7 Å². The van der Waals surface area contributed by atoms with Gasteiger partial charge in [-0.25, -0.2) is 4.98 Å². The predicted molar refractivity (Wildman–Crippen MR) is 103 cm³/mol. The number of likely N-dealkylation sites (tertiary alicyclic amines) is 1. The quantitative estimate of drug-likeness (QED) is 0.687. The standard InChI is InChI=1S/C20H18N4O2S/c25-19-15(18-2-1-7-27-18)3-4-17-14-8-13(11-24(17)19)10-23(12-14)20(26)16-9-21-5-6-22-16/h1-7,9,13-14H,8,10-12H2/t13-,14+/m0/s1. The van der Waals surface area contributed by atoms with Crippen LogP contribution in [0.25, 0.3) is 10.4 Å². The lowest BCUT2D eigenvalue weighted by Gasteiger charge is -2.42. The molecule has 5 rings (SSSR count). The molecule has 2 bridgehead atoms. The van der Waals surface area contributed by atoms with Gasteiger partial charge in [0, 0.05) is 48.5 Å². The number of pyridine rings is 1. The molecule has 2 aliphatic rings. The number of piperidine rings is 1. The molecule has 1 saturated heterocycles. The first-order valence-corrected chi connectivity index (χ1v) is 9.91. The normalized spacial score (nSPS) is 21.0. The van der Waals surface area contributed by atoms with Crippen molar-refractivity contribution >= 4 is 17.2 Å². The summed E-state index contributed by atoms with van der Waals surface area (Å²) in [5.74, 6) is 0.389.